The summed E-state index contributed by atoms with van der Waals surface area (Å²) in [7, 11) is 0. The maximum Gasteiger partial charge on any atom is 0.152 e. The molecule has 3 aromatic rings. The summed E-state index contributed by atoms with van der Waals surface area (Å²) in [5.41, 5.74) is 1.60. The van der Waals surface area contributed by atoms with Crippen molar-refractivity contribution in [1.82, 2.24) is 4.98 Å². The predicted octanol–water partition coefficient (Wildman–Crippen LogP) is 6.86. The van der Waals surface area contributed by atoms with Crippen LogP contribution in [0.25, 0.3) is 0 Å². The standard InChI is InChI=1S/C18H11Cl4NO/c19-12-3-5-14(15(21)8-12)18(11-2-1-7-23-10-11)24-17-6-4-13(20)9-16(17)22/h1-10,18H. The smallest absolute Gasteiger partial charge is 0.152 e. The molecule has 1 aromatic heterocycles. The molecule has 0 fully saturated rings. The summed E-state index contributed by atoms with van der Waals surface area (Å²) >= 11 is 24.5. The summed E-state index contributed by atoms with van der Waals surface area (Å²) in [6, 6.07) is 14.1. The molecule has 3 rings (SSSR count). The number of pyridine rings is 1. The van der Waals surface area contributed by atoms with Crippen molar-refractivity contribution in [2.24, 2.45) is 0 Å². The van der Waals surface area contributed by atoms with Crippen molar-refractivity contribution in [3.63, 3.8) is 0 Å². The quantitative estimate of drug-likeness (QED) is 0.478. The van der Waals surface area contributed by atoms with Crippen LogP contribution in [0.2, 0.25) is 20.1 Å². The normalized spacial score (nSPS) is 12.0. The summed E-state index contributed by atoms with van der Waals surface area (Å²) in [6.07, 6.45) is 2.93. The highest BCUT2D eigenvalue weighted by Gasteiger charge is 2.21. The Hall–Kier alpha value is -1.45. The van der Waals surface area contributed by atoms with Crippen molar-refractivity contribution in [3.8, 4) is 5.75 Å². The molecule has 1 atom stereocenters. The van der Waals surface area contributed by atoms with Crippen molar-refractivity contribution in [3.05, 3.63) is 92.1 Å². The van der Waals surface area contributed by atoms with E-state index in [1.54, 1.807) is 42.7 Å². The molecule has 24 heavy (non-hydrogen) atoms. The molecule has 0 saturated carbocycles. The lowest BCUT2D eigenvalue weighted by molar-refractivity contribution is 0.247. The maximum atomic E-state index is 6.37. The molecule has 0 aliphatic carbocycles. The van der Waals surface area contributed by atoms with Gasteiger partial charge in [0, 0.05) is 38.6 Å². The predicted molar refractivity (Wildman–Crippen MR) is 99.6 cm³/mol. The average molecular weight is 399 g/mol. The number of benzene rings is 2. The van der Waals surface area contributed by atoms with E-state index in [1.807, 2.05) is 18.2 Å². The Labute approximate surface area is 159 Å². The van der Waals surface area contributed by atoms with Gasteiger partial charge < -0.3 is 4.74 Å². The number of aromatic nitrogens is 1. The summed E-state index contributed by atoms with van der Waals surface area (Å²) in [5.74, 6) is 0.501. The van der Waals surface area contributed by atoms with E-state index in [2.05, 4.69) is 4.98 Å². The third kappa shape index (κ3) is 3.96. The Morgan fingerprint density at radius 2 is 1.54 bits per heavy atom. The van der Waals surface area contributed by atoms with Crippen LogP contribution in [0, 0.1) is 0 Å². The minimum atomic E-state index is -0.484. The monoisotopic (exact) mass is 397 g/mol. The molecule has 0 bridgehead atoms. The molecule has 0 aliphatic heterocycles. The molecule has 1 heterocycles. The van der Waals surface area contributed by atoms with Crippen LogP contribution >= 0.6 is 46.4 Å². The molecule has 0 amide bonds. The fourth-order valence-corrected chi connectivity index (χ4v) is 3.21. The largest absolute Gasteiger partial charge is 0.479 e. The molecule has 0 spiro atoms. The zero-order valence-corrected chi connectivity index (χ0v) is 15.2. The number of hydrogen-bond donors (Lipinski definition) is 0. The number of hydrogen-bond acceptors (Lipinski definition) is 2. The second-order valence-electron chi connectivity index (χ2n) is 5.02. The number of nitrogens with zero attached hydrogens (tertiary/aromatic N) is 1. The van der Waals surface area contributed by atoms with Crippen LogP contribution in [0.4, 0.5) is 0 Å². The average Bonchev–Trinajstić information content (AvgIpc) is 2.56. The van der Waals surface area contributed by atoms with Crippen LogP contribution in [-0.2, 0) is 0 Å². The van der Waals surface area contributed by atoms with E-state index in [9.17, 15) is 0 Å². The van der Waals surface area contributed by atoms with Crippen LogP contribution in [0.3, 0.4) is 0 Å². The van der Waals surface area contributed by atoms with E-state index < -0.39 is 6.10 Å². The van der Waals surface area contributed by atoms with Gasteiger partial charge in [0.15, 0.2) is 6.10 Å². The summed E-state index contributed by atoms with van der Waals surface area (Å²) in [4.78, 5) is 4.15. The second kappa shape index (κ2) is 7.62. The number of halogens is 4. The second-order valence-corrected chi connectivity index (χ2v) is 6.71. The van der Waals surface area contributed by atoms with E-state index in [4.69, 9.17) is 51.1 Å². The van der Waals surface area contributed by atoms with Crippen LogP contribution in [0.15, 0.2) is 60.9 Å². The zero-order chi connectivity index (χ0) is 17.1. The van der Waals surface area contributed by atoms with E-state index >= 15 is 0 Å². The molecular formula is C18H11Cl4NO. The molecule has 2 nitrogen and oxygen atoms in total. The van der Waals surface area contributed by atoms with Gasteiger partial charge in [-0.2, -0.15) is 0 Å². The highest BCUT2D eigenvalue weighted by molar-refractivity contribution is 6.36. The van der Waals surface area contributed by atoms with Gasteiger partial charge in [0.1, 0.15) is 5.75 Å². The van der Waals surface area contributed by atoms with Crippen LogP contribution < -0.4 is 4.74 Å². The molecule has 6 heteroatoms. The minimum Gasteiger partial charge on any atom is -0.479 e. The van der Waals surface area contributed by atoms with Crippen molar-refractivity contribution in [1.29, 1.82) is 0 Å². The first-order valence-electron chi connectivity index (χ1n) is 7.01. The Kier molecular flexibility index (Phi) is 5.52. The fourth-order valence-electron chi connectivity index (χ4n) is 2.25. The van der Waals surface area contributed by atoms with Gasteiger partial charge in [0.25, 0.3) is 0 Å². The lowest BCUT2D eigenvalue weighted by Gasteiger charge is -2.21. The first-order valence-corrected chi connectivity index (χ1v) is 8.52. The van der Waals surface area contributed by atoms with E-state index in [0.29, 0.717) is 25.8 Å². The SMILES string of the molecule is Clc1ccc(OC(c2cccnc2)c2ccc(Cl)cc2Cl)c(Cl)c1. The topological polar surface area (TPSA) is 22.1 Å². The molecule has 0 N–H and O–H groups in total. The Morgan fingerprint density at radius 1 is 0.833 bits per heavy atom. The van der Waals surface area contributed by atoms with Gasteiger partial charge in [-0.25, -0.2) is 0 Å². The van der Waals surface area contributed by atoms with Gasteiger partial charge in [-0.3, -0.25) is 4.98 Å². The molecule has 0 radical (unpaired) electrons. The van der Waals surface area contributed by atoms with Gasteiger partial charge in [-0.15, -0.1) is 0 Å². The van der Waals surface area contributed by atoms with Gasteiger partial charge in [0.2, 0.25) is 0 Å². The van der Waals surface area contributed by atoms with Crippen molar-refractivity contribution >= 4 is 46.4 Å². The van der Waals surface area contributed by atoms with Crippen molar-refractivity contribution in [2.75, 3.05) is 0 Å². The van der Waals surface area contributed by atoms with E-state index in [0.717, 1.165) is 11.1 Å². The van der Waals surface area contributed by atoms with Crippen molar-refractivity contribution in [2.45, 2.75) is 6.10 Å². The van der Waals surface area contributed by atoms with Crippen LogP contribution in [0.5, 0.6) is 5.75 Å². The molecular weight excluding hydrogens is 388 g/mol. The molecule has 0 saturated heterocycles. The minimum absolute atomic E-state index is 0.418. The summed E-state index contributed by atoms with van der Waals surface area (Å²) in [5, 5.41) is 2.01. The highest BCUT2D eigenvalue weighted by Crippen LogP contribution is 2.37. The van der Waals surface area contributed by atoms with E-state index in [-0.39, 0.29) is 0 Å². The Morgan fingerprint density at radius 3 is 2.17 bits per heavy atom. The van der Waals surface area contributed by atoms with Crippen molar-refractivity contribution < 1.29 is 4.74 Å². The van der Waals surface area contributed by atoms with Crippen LogP contribution in [-0.4, -0.2) is 4.98 Å². The zero-order valence-electron chi connectivity index (χ0n) is 12.2. The molecule has 1 unspecified atom stereocenters. The van der Waals surface area contributed by atoms with Gasteiger partial charge in [-0.1, -0.05) is 58.5 Å². The first kappa shape index (κ1) is 17.4. The lowest BCUT2D eigenvalue weighted by atomic mass is 10.0. The van der Waals surface area contributed by atoms with Gasteiger partial charge in [-0.05, 0) is 36.4 Å². The Balaban J connectivity index is 2.05. The highest BCUT2D eigenvalue weighted by atomic mass is 35.5. The summed E-state index contributed by atoms with van der Waals surface area (Å²) < 4.78 is 6.13. The third-order valence-electron chi connectivity index (χ3n) is 3.37. The Bertz CT molecular complexity index is 855. The molecule has 122 valence electrons. The molecule has 0 aliphatic rings. The third-order valence-corrected chi connectivity index (χ3v) is 4.46. The lowest BCUT2D eigenvalue weighted by Crippen LogP contribution is -2.10. The summed E-state index contributed by atoms with van der Waals surface area (Å²) in [6.45, 7) is 0. The number of rotatable bonds is 4. The van der Waals surface area contributed by atoms with Gasteiger partial charge in [0.05, 0.1) is 5.02 Å². The van der Waals surface area contributed by atoms with E-state index in [1.165, 1.54) is 0 Å². The van der Waals surface area contributed by atoms with Gasteiger partial charge >= 0.3 is 0 Å². The van der Waals surface area contributed by atoms with Crippen LogP contribution in [0.1, 0.15) is 17.2 Å². The maximum absolute atomic E-state index is 6.37. The molecule has 2 aromatic carbocycles. The number of ether oxygens (including phenoxy) is 1. The first-order chi connectivity index (χ1) is 11.5. The fraction of sp³-hybridized carbons (Fsp3) is 0.0556.